The lowest BCUT2D eigenvalue weighted by Gasteiger charge is -2.23. The molecule has 210 valence electrons. The Bertz CT molecular complexity index is 1470. The molecule has 0 saturated carbocycles. The molecule has 1 amide bonds. The second-order valence-electron chi connectivity index (χ2n) is 9.95. The van der Waals surface area contributed by atoms with E-state index < -0.39 is 23.7 Å². The number of amides is 1. The van der Waals surface area contributed by atoms with Crippen LogP contribution in [0.25, 0.3) is 5.76 Å². The van der Waals surface area contributed by atoms with Crippen LogP contribution >= 0.6 is 11.3 Å². The third-order valence-electron chi connectivity index (χ3n) is 6.73. The van der Waals surface area contributed by atoms with Crippen molar-refractivity contribution in [3.05, 3.63) is 80.9 Å². The Labute approximate surface area is 238 Å². The normalized spacial score (nSPS) is 16.6. The number of Topliss-reactive ketones (excluding diaryl/α,β-unsaturated/α-hetero) is 1. The number of hydrogen-bond donors (Lipinski definition) is 1. The van der Waals surface area contributed by atoms with Gasteiger partial charge >= 0.3 is 11.9 Å². The van der Waals surface area contributed by atoms with Crippen molar-refractivity contribution in [2.75, 3.05) is 18.1 Å². The van der Waals surface area contributed by atoms with Crippen LogP contribution in [0.1, 0.15) is 83.7 Å². The number of nitrogens with zero attached hydrogens (tertiary/aromatic N) is 2. The highest BCUT2D eigenvalue weighted by Gasteiger charge is 2.48. The maximum absolute atomic E-state index is 13.5. The minimum Gasteiger partial charge on any atom is -0.507 e. The predicted molar refractivity (Wildman–Crippen MR) is 155 cm³/mol. The minimum atomic E-state index is -0.946. The first-order chi connectivity index (χ1) is 19.1. The van der Waals surface area contributed by atoms with Crippen molar-refractivity contribution in [2.45, 2.75) is 59.9 Å². The van der Waals surface area contributed by atoms with E-state index in [2.05, 4.69) is 18.8 Å². The van der Waals surface area contributed by atoms with Gasteiger partial charge in [-0.1, -0.05) is 56.4 Å². The molecule has 9 heteroatoms. The summed E-state index contributed by atoms with van der Waals surface area (Å²) in [6, 6.07) is 11.8. The summed E-state index contributed by atoms with van der Waals surface area (Å²) in [4.78, 5) is 45.6. The van der Waals surface area contributed by atoms with Crippen LogP contribution in [0, 0.1) is 13.8 Å². The topological polar surface area (TPSA) is 106 Å². The van der Waals surface area contributed by atoms with E-state index >= 15 is 0 Å². The van der Waals surface area contributed by atoms with Gasteiger partial charge in [-0.2, -0.15) is 0 Å². The third kappa shape index (κ3) is 5.51. The molecule has 1 aromatic heterocycles. The summed E-state index contributed by atoms with van der Waals surface area (Å²) < 4.78 is 10.9. The number of hydrogen-bond acceptors (Lipinski definition) is 8. The van der Waals surface area contributed by atoms with Crippen molar-refractivity contribution in [3.8, 4) is 5.75 Å². The molecule has 3 aromatic rings. The largest absolute Gasteiger partial charge is 0.507 e. The molecule has 4 rings (SSSR count). The summed E-state index contributed by atoms with van der Waals surface area (Å²) >= 11 is 0.985. The van der Waals surface area contributed by atoms with Crippen LogP contribution in [-0.2, 0) is 14.3 Å². The zero-order valence-corrected chi connectivity index (χ0v) is 24.4. The van der Waals surface area contributed by atoms with Crippen molar-refractivity contribution in [3.63, 3.8) is 0 Å². The molecule has 0 aliphatic carbocycles. The van der Waals surface area contributed by atoms with E-state index in [1.807, 2.05) is 38.1 Å². The van der Waals surface area contributed by atoms with Gasteiger partial charge in [-0.05, 0) is 68.0 Å². The Morgan fingerprint density at radius 3 is 2.40 bits per heavy atom. The summed E-state index contributed by atoms with van der Waals surface area (Å²) in [6.45, 7) is 12.1. The van der Waals surface area contributed by atoms with Gasteiger partial charge in [-0.25, -0.2) is 9.78 Å². The fourth-order valence-corrected chi connectivity index (χ4v) is 5.59. The number of carbonyl (C=O) groups is 3. The first-order valence-corrected chi connectivity index (χ1v) is 14.2. The molecule has 0 bridgehead atoms. The van der Waals surface area contributed by atoms with Crippen molar-refractivity contribution < 1.29 is 29.0 Å². The average molecular weight is 563 g/mol. The number of ketones is 1. The highest BCUT2D eigenvalue weighted by molar-refractivity contribution is 7.17. The Morgan fingerprint density at radius 2 is 1.80 bits per heavy atom. The fourth-order valence-electron chi connectivity index (χ4n) is 4.61. The Hall–Kier alpha value is -3.98. The maximum atomic E-state index is 13.5. The molecule has 1 unspecified atom stereocenters. The number of thiazole rings is 1. The second kappa shape index (κ2) is 12.0. The van der Waals surface area contributed by atoms with E-state index in [9.17, 15) is 19.5 Å². The van der Waals surface area contributed by atoms with E-state index in [1.165, 1.54) is 4.90 Å². The van der Waals surface area contributed by atoms with Crippen molar-refractivity contribution in [1.29, 1.82) is 0 Å². The summed E-state index contributed by atoms with van der Waals surface area (Å²) in [7, 11) is 0. The van der Waals surface area contributed by atoms with Crippen LogP contribution < -0.4 is 9.64 Å². The number of aromatic nitrogens is 1. The molecule has 1 aliphatic rings. The number of esters is 1. The van der Waals surface area contributed by atoms with Crippen LogP contribution in [0.4, 0.5) is 5.13 Å². The summed E-state index contributed by atoms with van der Waals surface area (Å²) in [6.07, 6.45) is 0.855. The van der Waals surface area contributed by atoms with Gasteiger partial charge < -0.3 is 14.6 Å². The summed E-state index contributed by atoms with van der Waals surface area (Å²) in [5, 5.41) is 11.7. The maximum Gasteiger partial charge on any atom is 0.350 e. The van der Waals surface area contributed by atoms with Crippen LogP contribution in [-0.4, -0.2) is 41.0 Å². The van der Waals surface area contributed by atoms with E-state index in [0.29, 0.717) is 29.2 Å². The molecule has 40 heavy (non-hydrogen) atoms. The SMILES string of the molecule is CCCOc1ccc(/C(O)=C2/C(=O)C(=O)N(c3nc(C)c(C(=O)OCC)s3)C2c2ccc(C(C)C)cc2)cc1C. The quantitative estimate of drug-likeness (QED) is 0.138. The molecule has 0 radical (unpaired) electrons. The van der Waals surface area contributed by atoms with Crippen LogP contribution in [0.5, 0.6) is 5.75 Å². The lowest BCUT2D eigenvalue weighted by Crippen LogP contribution is -2.29. The highest BCUT2D eigenvalue weighted by atomic mass is 32.1. The molecule has 1 N–H and O–H groups in total. The van der Waals surface area contributed by atoms with Gasteiger partial charge in [0.1, 0.15) is 16.4 Å². The number of carbonyl (C=O) groups excluding carboxylic acids is 3. The molecule has 2 aromatic carbocycles. The highest BCUT2D eigenvalue weighted by Crippen LogP contribution is 2.44. The number of aliphatic hydroxyl groups is 1. The van der Waals surface area contributed by atoms with E-state index in [0.717, 1.165) is 28.9 Å². The molecule has 1 atom stereocenters. The van der Waals surface area contributed by atoms with Gasteiger partial charge in [0.05, 0.1) is 30.5 Å². The van der Waals surface area contributed by atoms with Crippen LogP contribution in [0.15, 0.2) is 48.0 Å². The Kier molecular flexibility index (Phi) is 8.73. The van der Waals surface area contributed by atoms with Crippen molar-refractivity contribution >= 4 is 39.9 Å². The molecule has 8 nitrogen and oxygen atoms in total. The van der Waals surface area contributed by atoms with Gasteiger partial charge in [-0.15, -0.1) is 0 Å². The monoisotopic (exact) mass is 562 g/mol. The first kappa shape index (κ1) is 29.0. The zero-order valence-electron chi connectivity index (χ0n) is 23.6. The summed E-state index contributed by atoms with van der Waals surface area (Å²) in [5.74, 6) is -1.52. The van der Waals surface area contributed by atoms with Crippen LogP contribution in [0.3, 0.4) is 0 Å². The minimum absolute atomic E-state index is 0.0468. The second-order valence-corrected chi connectivity index (χ2v) is 10.9. The van der Waals surface area contributed by atoms with Gasteiger partial charge in [0, 0.05) is 5.56 Å². The average Bonchev–Trinajstić information content (AvgIpc) is 3.44. The molecule has 2 heterocycles. The van der Waals surface area contributed by atoms with Gasteiger partial charge in [0.15, 0.2) is 5.13 Å². The number of anilines is 1. The number of aryl methyl sites for hydroxylation is 2. The molecular weight excluding hydrogens is 528 g/mol. The summed E-state index contributed by atoms with van der Waals surface area (Å²) in [5.41, 5.74) is 3.26. The zero-order chi connectivity index (χ0) is 29.1. The van der Waals surface area contributed by atoms with E-state index in [-0.39, 0.29) is 33.9 Å². The van der Waals surface area contributed by atoms with Gasteiger partial charge in [0.2, 0.25) is 0 Å². The number of aliphatic hydroxyl groups excluding tert-OH is 1. The number of benzene rings is 2. The van der Waals surface area contributed by atoms with Crippen LogP contribution in [0.2, 0.25) is 0 Å². The Morgan fingerprint density at radius 1 is 1.10 bits per heavy atom. The molecular formula is C31H34N2O6S. The molecule has 1 aliphatic heterocycles. The smallest absolute Gasteiger partial charge is 0.350 e. The number of ether oxygens (including phenoxy) is 2. The lowest BCUT2D eigenvalue weighted by atomic mass is 9.93. The standard InChI is InChI=1S/C31H34N2O6S/c1-7-15-39-23-14-13-22(16-18(23)5)26(34)24-25(21-11-9-20(10-12-21)17(3)4)33(29(36)27(24)35)31-32-19(6)28(40-31)30(37)38-8-2/h9-14,16-17,25,34H,7-8,15H2,1-6H3/b26-24-. The third-order valence-corrected chi connectivity index (χ3v) is 7.86. The van der Waals surface area contributed by atoms with Crippen molar-refractivity contribution in [2.24, 2.45) is 0 Å². The predicted octanol–water partition coefficient (Wildman–Crippen LogP) is 6.48. The molecule has 1 fully saturated rings. The molecule has 0 spiro atoms. The lowest BCUT2D eigenvalue weighted by molar-refractivity contribution is -0.132. The number of rotatable bonds is 9. The fraction of sp³-hybridized carbons (Fsp3) is 0.355. The van der Waals surface area contributed by atoms with E-state index in [1.54, 1.807) is 32.0 Å². The Balaban J connectivity index is 1.87. The van der Waals surface area contributed by atoms with Gasteiger partial charge in [0.25, 0.3) is 5.78 Å². The molecule has 1 saturated heterocycles. The van der Waals surface area contributed by atoms with Crippen molar-refractivity contribution in [1.82, 2.24) is 4.98 Å². The van der Waals surface area contributed by atoms with E-state index in [4.69, 9.17) is 9.47 Å². The van der Waals surface area contributed by atoms with Gasteiger partial charge in [-0.3, -0.25) is 14.5 Å². The first-order valence-electron chi connectivity index (χ1n) is 13.4.